The van der Waals surface area contributed by atoms with Crippen LogP contribution in [-0.4, -0.2) is 29.5 Å². The van der Waals surface area contributed by atoms with Crippen molar-refractivity contribution in [3.63, 3.8) is 0 Å². The molecule has 26 heavy (non-hydrogen) atoms. The molecule has 0 aliphatic heterocycles. The first-order valence-corrected chi connectivity index (χ1v) is 10.7. The summed E-state index contributed by atoms with van der Waals surface area (Å²) in [5.74, 6) is 2.44. The molecule has 1 aliphatic rings. The monoisotopic (exact) mass is 362 g/mol. The fraction of sp³-hybridized carbons (Fsp3) is 0.739. The van der Waals surface area contributed by atoms with Crippen LogP contribution in [0, 0.1) is 5.92 Å². The lowest BCUT2D eigenvalue weighted by molar-refractivity contribution is 0.0821. The topological polar surface area (TPSA) is 49.7 Å². The van der Waals surface area contributed by atoms with Gasteiger partial charge in [-0.1, -0.05) is 57.6 Å². The molecule has 1 aliphatic carbocycles. The number of aliphatic hydroxyl groups excluding tert-OH is 2. The molecule has 0 spiro atoms. The molecule has 1 atom stereocenters. The van der Waals surface area contributed by atoms with E-state index >= 15 is 0 Å². The molecule has 3 nitrogen and oxygen atoms in total. The first-order chi connectivity index (χ1) is 12.7. The molecule has 0 aromatic heterocycles. The van der Waals surface area contributed by atoms with Crippen LogP contribution < -0.4 is 4.74 Å². The summed E-state index contributed by atoms with van der Waals surface area (Å²) in [6.07, 6.45) is 13.6. The van der Waals surface area contributed by atoms with Gasteiger partial charge in [0.25, 0.3) is 0 Å². The second-order valence-electron chi connectivity index (χ2n) is 7.97. The van der Waals surface area contributed by atoms with Crippen LogP contribution >= 0.6 is 0 Å². The molecule has 1 fully saturated rings. The molecule has 0 radical (unpaired) electrons. The Labute approximate surface area is 159 Å². The van der Waals surface area contributed by atoms with E-state index in [9.17, 15) is 5.11 Å². The van der Waals surface area contributed by atoms with Gasteiger partial charge in [-0.15, -0.1) is 0 Å². The van der Waals surface area contributed by atoms with Crippen molar-refractivity contribution in [3.8, 4) is 5.75 Å². The predicted octanol–water partition coefficient (Wildman–Crippen LogP) is 5.44. The Morgan fingerprint density at radius 3 is 2.35 bits per heavy atom. The van der Waals surface area contributed by atoms with Crippen molar-refractivity contribution < 1.29 is 14.9 Å². The van der Waals surface area contributed by atoms with Gasteiger partial charge in [0.2, 0.25) is 0 Å². The number of hydrogen-bond acceptors (Lipinski definition) is 3. The largest absolute Gasteiger partial charge is 0.491 e. The Bertz CT molecular complexity index is 463. The highest BCUT2D eigenvalue weighted by Gasteiger charge is 2.22. The minimum atomic E-state index is -0.600. The smallest absolute Gasteiger partial charge is 0.119 e. The van der Waals surface area contributed by atoms with Crippen molar-refractivity contribution in [1.29, 1.82) is 0 Å². The molecular formula is C23H38O3. The van der Waals surface area contributed by atoms with Gasteiger partial charge in [0.1, 0.15) is 12.4 Å². The molecule has 0 amide bonds. The average molecular weight is 363 g/mol. The van der Waals surface area contributed by atoms with E-state index in [1.54, 1.807) is 0 Å². The van der Waals surface area contributed by atoms with E-state index in [1.807, 2.05) is 12.1 Å². The lowest BCUT2D eigenvalue weighted by Crippen LogP contribution is -2.18. The van der Waals surface area contributed by atoms with E-state index in [1.165, 1.54) is 69.8 Å². The molecule has 0 heterocycles. The van der Waals surface area contributed by atoms with Crippen LogP contribution in [-0.2, 0) is 0 Å². The molecule has 148 valence electrons. The maximum Gasteiger partial charge on any atom is 0.119 e. The average Bonchev–Trinajstić information content (AvgIpc) is 2.67. The van der Waals surface area contributed by atoms with Crippen LogP contribution in [0.15, 0.2) is 24.3 Å². The van der Waals surface area contributed by atoms with Crippen LogP contribution in [0.2, 0.25) is 0 Å². The molecule has 0 saturated heterocycles. The summed E-state index contributed by atoms with van der Waals surface area (Å²) in [4.78, 5) is 0. The highest BCUT2D eigenvalue weighted by atomic mass is 16.5. The Morgan fingerprint density at radius 2 is 1.69 bits per heavy atom. The van der Waals surface area contributed by atoms with Gasteiger partial charge in [0.15, 0.2) is 0 Å². The van der Waals surface area contributed by atoms with Crippen LogP contribution in [0.1, 0.15) is 89.0 Å². The molecule has 1 saturated carbocycles. The SMILES string of the molecule is CCCCCCCC1CCC(c2ccc(OCC(O)CCO)cc2)CC1. The van der Waals surface area contributed by atoms with Crippen LogP contribution in [0.5, 0.6) is 5.75 Å². The molecule has 1 aromatic carbocycles. The summed E-state index contributed by atoms with van der Waals surface area (Å²) in [7, 11) is 0. The zero-order chi connectivity index (χ0) is 18.6. The third-order valence-electron chi connectivity index (χ3n) is 5.82. The van der Waals surface area contributed by atoms with Gasteiger partial charge >= 0.3 is 0 Å². The first-order valence-electron chi connectivity index (χ1n) is 10.7. The summed E-state index contributed by atoms with van der Waals surface area (Å²) >= 11 is 0. The standard InChI is InChI=1S/C23H38O3/c1-2-3-4-5-6-7-19-8-10-20(11-9-19)21-12-14-23(15-13-21)26-18-22(25)16-17-24/h12-15,19-20,22,24-25H,2-11,16-18H2,1H3. The zero-order valence-electron chi connectivity index (χ0n) is 16.5. The number of hydrogen-bond donors (Lipinski definition) is 2. The van der Waals surface area contributed by atoms with Gasteiger partial charge in [-0.05, 0) is 61.6 Å². The number of unbranched alkanes of at least 4 members (excludes halogenated alkanes) is 4. The Morgan fingerprint density at radius 1 is 1.00 bits per heavy atom. The highest BCUT2D eigenvalue weighted by Crippen LogP contribution is 2.38. The minimum Gasteiger partial charge on any atom is -0.491 e. The third kappa shape index (κ3) is 7.67. The lowest BCUT2D eigenvalue weighted by Gasteiger charge is -2.29. The number of benzene rings is 1. The summed E-state index contributed by atoms with van der Waals surface area (Å²) in [5.41, 5.74) is 1.43. The van der Waals surface area contributed by atoms with Crippen molar-refractivity contribution in [3.05, 3.63) is 29.8 Å². The third-order valence-corrected chi connectivity index (χ3v) is 5.82. The zero-order valence-corrected chi connectivity index (χ0v) is 16.5. The summed E-state index contributed by atoms with van der Waals surface area (Å²) < 4.78 is 5.59. The second kappa shape index (κ2) is 12.3. The van der Waals surface area contributed by atoms with Crippen molar-refractivity contribution in [1.82, 2.24) is 0 Å². The fourth-order valence-corrected chi connectivity index (χ4v) is 4.08. The van der Waals surface area contributed by atoms with Gasteiger partial charge in [-0.25, -0.2) is 0 Å². The van der Waals surface area contributed by atoms with Gasteiger partial charge in [-0.2, -0.15) is 0 Å². The molecule has 1 aromatic rings. The van der Waals surface area contributed by atoms with E-state index < -0.39 is 6.10 Å². The second-order valence-corrected chi connectivity index (χ2v) is 7.97. The lowest BCUT2D eigenvalue weighted by atomic mass is 9.77. The Kier molecular flexibility index (Phi) is 10.1. The summed E-state index contributed by atoms with van der Waals surface area (Å²) in [5, 5.41) is 18.4. The van der Waals surface area contributed by atoms with Gasteiger partial charge in [0, 0.05) is 6.61 Å². The van der Waals surface area contributed by atoms with Crippen molar-refractivity contribution in [2.75, 3.05) is 13.2 Å². The fourth-order valence-electron chi connectivity index (χ4n) is 4.08. The minimum absolute atomic E-state index is 0.00905. The number of aliphatic hydroxyl groups is 2. The summed E-state index contributed by atoms with van der Waals surface area (Å²) in [6, 6.07) is 8.40. The van der Waals surface area contributed by atoms with Crippen molar-refractivity contribution in [2.24, 2.45) is 5.92 Å². The van der Waals surface area contributed by atoms with Crippen LogP contribution in [0.4, 0.5) is 0 Å². The van der Waals surface area contributed by atoms with Crippen molar-refractivity contribution in [2.45, 2.75) is 89.6 Å². The van der Waals surface area contributed by atoms with Gasteiger partial charge in [0.05, 0.1) is 6.10 Å². The Balaban J connectivity index is 1.67. The van der Waals surface area contributed by atoms with Gasteiger partial charge < -0.3 is 14.9 Å². The predicted molar refractivity (Wildman–Crippen MR) is 108 cm³/mol. The van der Waals surface area contributed by atoms with E-state index in [4.69, 9.17) is 9.84 Å². The summed E-state index contributed by atoms with van der Waals surface area (Å²) in [6.45, 7) is 2.51. The highest BCUT2D eigenvalue weighted by molar-refractivity contribution is 5.29. The number of ether oxygens (including phenoxy) is 1. The maximum atomic E-state index is 9.61. The van der Waals surface area contributed by atoms with Crippen LogP contribution in [0.3, 0.4) is 0 Å². The van der Waals surface area contributed by atoms with E-state index in [0.29, 0.717) is 12.3 Å². The quantitative estimate of drug-likeness (QED) is 0.487. The molecule has 3 heteroatoms. The number of rotatable bonds is 12. The maximum absolute atomic E-state index is 9.61. The van der Waals surface area contributed by atoms with Crippen molar-refractivity contribution >= 4 is 0 Å². The molecule has 1 unspecified atom stereocenters. The normalized spacial score (nSPS) is 21.5. The molecular weight excluding hydrogens is 324 g/mol. The van der Waals surface area contributed by atoms with E-state index in [0.717, 1.165) is 11.7 Å². The van der Waals surface area contributed by atoms with Gasteiger partial charge in [-0.3, -0.25) is 0 Å². The van der Waals surface area contributed by atoms with E-state index in [-0.39, 0.29) is 13.2 Å². The first kappa shape index (κ1) is 21.2. The Hall–Kier alpha value is -1.06. The van der Waals surface area contributed by atoms with Crippen LogP contribution in [0.25, 0.3) is 0 Å². The van der Waals surface area contributed by atoms with E-state index in [2.05, 4.69) is 19.1 Å². The molecule has 2 N–H and O–H groups in total. The molecule has 0 bridgehead atoms. The molecule has 2 rings (SSSR count).